The van der Waals surface area contributed by atoms with E-state index in [1.54, 1.807) is 12.1 Å². The van der Waals surface area contributed by atoms with Crippen LogP contribution >= 0.6 is 0 Å². The largest absolute Gasteiger partial charge is 0.314 e. The molecular weight excluding hydrogens is 220 g/mol. The standard InChI is InChI=1S/C14H19F2N/c1-2-17-13-9-4-3-6-10(13)11-7-5-8-12(15)14(11)16/h5,7-8,10,13,17H,2-4,6,9H2,1H3. The summed E-state index contributed by atoms with van der Waals surface area (Å²) in [6, 6.07) is 4.79. The molecule has 2 rings (SSSR count). The molecule has 0 amide bonds. The van der Waals surface area contributed by atoms with Gasteiger partial charge in [-0.3, -0.25) is 0 Å². The van der Waals surface area contributed by atoms with Crippen LogP contribution in [0.4, 0.5) is 8.78 Å². The maximum atomic E-state index is 13.8. The summed E-state index contributed by atoms with van der Waals surface area (Å²) in [6.45, 7) is 2.92. The molecule has 1 fully saturated rings. The van der Waals surface area contributed by atoms with Gasteiger partial charge in [0.25, 0.3) is 0 Å². The van der Waals surface area contributed by atoms with Gasteiger partial charge in [-0.05, 0) is 31.0 Å². The van der Waals surface area contributed by atoms with Crippen molar-refractivity contribution in [2.75, 3.05) is 6.54 Å². The van der Waals surface area contributed by atoms with E-state index in [1.165, 1.54) is 12.5 Å². The highest BCUT2D eigenvalue weighted by Crippen LogP contribution is 2.34. The van der Waals surface area contributed by atoms with Gasteiger partial charge in [0.2, 0.25) is 0 Å². The zero-order valence-corrected chi connectivity index (χ0v) is 10.2. The minimum absolute atomic E-state index is 0.111. The number of nitrogens with one attached hydrogen (secondary N) is 1. The minimum atomic E-state index is -0.733. The third-order valence-electron chi connectivity index (χ3n) is 3.61. The molecule has 0 spiro atoms. The second-order valence-electron chi connectivity index (χ2n) is 4.70. The predicted octanol–water partition coefficient (Wildman–Crippen LogP) is 3.60. The number of halogens is 2. The van der Waals surface area contributed by atoms with E-state index in [2.05, 4.69) is 5.32 Å². The zero-order chi connectivity index (χ0) is 12.3. The Hall–Kier alpha value is -0.960. The van der Waals surface area contributed by atoms with Gasteiger partial charge in [-0.25, -0.2) is 8.78 Å². The van der Waals surface area contributed by atoms with Crippen molar-refractivity contribution in [2.45, 2.75) is 44.6 Å². The van der Waals surface area contributed by atoms with Gasteiger partial charge in [0.15, 0.2) is 11.6 Å². The van der Waals surface area contributed by atoms with E-state index in [-0.39, 0.29) is 12.0 Å². The molecule has 17 heavy (non-hydrogen) atoms. The first-order valence-electron chi connectivity index (χ1n) is 6.41. The summed E-state index contributed by atoms with van der Waals surface area (Å²) in [5, 5.41) is 3.39. The summed E-state index contributed by atoms with van der Waals surface area (Å²) in [6.07, 6.45) is 4.26. The third kappa shape index (κ3) is 2.65. The minimum Gasteiger partial charge on any atom is -0.314 e. The first-order valence-corrected chi connectivity index (χ1v) is 6.41. The molecule has 0 aromatic heterocycles. The lowest BCUT2D eigenvalue weighted by molar-refractivity contribution is 0.323. The normalized spacial score (nSPS) is 24.9. The Morgan fingerprint density at radius 2 is 2.00 bits per heavy atom. The molecule has 0 heterocycles. The molecule has 2 atom stereocenters. The molecule has 2 unspecified atom stereocenters. The first kappa shape index (κ1) is 12.5. The summed E-state index contributed by atoms with van der Waals surface area (Å²) in [7, 11) is 0. The molecule has 1 aromatic carbocycles. The zero-order valence-electron chi connectivity index (χ0n) is 10.2. The lowest BCUT2D eigenvalue weighted by Gasteiger charge is -2.32. The second-order valence-corrected chi connectivity index (χ2v) is 4.70. The quantitative estimate of drug-likeness (QED) is 0.849. The highest BCUT2D eigenvalue weighted by atomic mass is 19.2. The average Bonchev–Trinajstić information content (AvgIpc) is 2.34. The van der Waals surface area contributed by atoms with E-state index in [9.17, 15) is 8.78 Å². The van der Waals surface area contributed by atoms with Crippen LogP contribution in [-0.4, -0.2) is 12.6 Å². The van der Waals surface area contributed by atoms with Crippen molar-refractivity contribution in [3.05, 3.63) is 35.4 Å². The van der Waals surface area contributed by atoms with E-state index in [0.717, 1.165) is 25.8 Å². The highest BCUT2D eigenvalue weighted by molar-refractivity contribution is 5.25. The van der Waals surface area contributed by atoms with Crippen LogP contribution < -0.4 is 5.32 Å². The Labute approximate surface area is 101 Å². The van der Waals surface area contributed by atoms with Crippen molar-refractivity contribution >= 4 is 0 Å². The molecule has 1 aliphatic rings. The fourth-order valence-electron chi connectivity index (χ4n) is 2.82. The van der Waals surface area contributed by atoms with Crippen LogP contribution in [0.3, 0.4) is 0 Å². The number of likely N-dealkylation sites (N-methyl/N-ethyl adjacent to an activating group) is 1. The van der Waals surface area contributed by atoms with E-state index < -0.39 is 11.6 Å². The van der Waals surface area contributed by atoms with Crippen molar-refractivity contribution in [2.24, 2.45) is 0 Å². The molecule has 0 radical (unpaired) electrons. The van der Waals surface area contributed by atoms with Gasteiger partial charge >= 0.3 is 0 Å². The van der Waals surface area contributed by atoms with E-state index in [0.29, 0.717) is 5.56 Å². The molecule has 94 valence electrons. The number of benzene rings is 1. The van der Waals surface area contributed by atoms with Crippen molar-refractivity contribution in [3.8, 4) is 0 Å². The lowest BCUT2D eigenvalue weighted by Crippen LogP contribution is -2.37. The van der Waals surface area contributed by atoms with Crippen LogP contribution in [0.15, 0.2) is 18.2 Å². The Balaban J connectivity index is 2.26. The van der Waals surface area contributed by atoms with Crippen molar-refractivity contribution in [3.63, 3.8) is 0 Å². The van der Waals surface area contributed by atoms with Crippen molar-refractivity contribution in [1.82, 2.24) is 5.32 Å². The molecule has 0 aliphatic heterocycles. The van der Waals surface area contributed by atoms with Gasteiger partial charge in [-0.15, -0.1) is 0 Å². The van der Waals surface area contributed by atoms with Crippen LogP contribution in [0.25, 0.3) is 0 Å². The van der Waals surface area contributed by atoms with Crippen LogP contribution in [-0.2, 0) is 0 Å². The number of rotatable bonds is 3. The Morgan fingerprint density at radius 3 is 2.76 bits per heavy atom. The fraction of sp³-hybridized carbons (Fsp3) is 0.571. The SMILES string of the molecule is CCNC1CCCCC1c1cccc(F)c1F. The van der Waals surface area contributed by atoms with Crippen LogP contribution in [0, 0.1) is 11.6 Å². The van der Waals surface area contributed by atoms with Crippen molar-refractivity contribution in [1.29, 1.82) is 0 Å². The maximum absolute atomic E-state index is 13.8. The van der Waals surface area contributed by atoms with Gasteiger partial charge in [-0.1, -0.05) is 31.9 Å². The molecular formula is C14H19F2N. The second kappa shape index (κ2) is 5.58. The van der Waals surface area contributed by atoms with Gasteiger partial charge < -0.3 is 5.32 Å². The molecule has 1 N–H and O–H groups in total. The molecule has 1 nitrogen and oxygen atoms in total. The van der Waals surface area contributed by atoms with Crippen LogP contribution in [0.5, 0.6) is 0 Å². The fourth-order valence-corrected chi connectivity index (χ4v) is 2.82. The topological polar surface area (TPSA) is 12.0 Å². The van der Waals surface area contributed by atoms with Gasteiger partial charge in [-0.2, -0.15) is 0 Å². The molecule has 3 heteroatoms. The molecule has 0 saturated heterocycles. The third-order valence-corrected chi connectivity index (χ3v) is 3.61. The Kier molecular flexibility index (Phi) is 4.11. The predicted molar refractivity (Wildman–Crippen MR) is 65.0 cm³/mol. The van der Waals surface area contributed by atoms with E-state index in [1.807, 2.05) is 6.92 Å². The van der Waals surface area contributed by atoms with Gasteiger partial charge in [0.05, 0.1) is 0 Å². The molecule has 1 saturated carbocycles. The monoisotopic (exact) mass is 239 g/mol. The van der Waals surface area contributed by atoms with E-state index >= 15 is 0 Å². The first-order chi connectivity index (χ1) is 8.24. The number of hydrogen-bond donors (Lipinski definition) is 1. The summed E-state index contributed by atoms with van der Waals surface area (Å²) in [4.78, 5) is 0. The Bertz CT molecular complexity index is 376. The smallest absolute Gasteiger partial charge is 0.162 e. The molecule has 1 aliphatic carbocycles. The van der Waals surface area contributed by atoms with Crippen molar-refractivity contribution < 1.29 is 8.78 Å². The van der Waals surface area contributed by atoms with Gasteiger partial charge in [0, 0.05) is 12.0 Å². The lowest BCUT2D eigenvalue weighted by atomic mass is 9.79. The van der Waals surface area contributed by atoms with Crippen LogP contribution in [0.1, 0.15) is 44.1 Å². The Morgan fingerprint density at radius 1 is 1.24 bits per heavy atom. The summed E-state index contributed by atoms with van der Waals surface area (Å²) in [5.74, 6) is -1.29. The maximum Gasteiger partial charge on any atom is 0.162 e. The average molecular weight is 239 g/mol. The molecule has 0 bridgehead atoms. The van der Waals surface area contributed by atoms with Crippen LogP contribution in [0.2, 0.25) is 0 Å². The van der Waals surface area contributed by atoms with Gasteiger partial charge in [0.1, 0.15) is 0 Å². The summed E-state index contributed by atoms with van der Waals surface area (Å²) in [5.41, 5.74) is 0.538. The molecule has 1 aromatic rings. The summed E-state index contributed by atoms with van der Waals surface area (Å²) >= 11 is 0. The summed E-state index contributed by atoms with van der Waals surface area (Å²) < 4.78 is 27.0. The van der Waals surface area contributed by atoms with E-state index in [4.69, 9.17) is 0 Å². The number of hydrogen-bond acceptors (Lipinski definition) is 1. The highest BCUT2D eigenvalue weighted by Gasteiger charge is 2.28.